The number of rotatable bonds is 3. The van der Waals surface area contributed by atoms with Gasteiger partial charge in [-0.15, -0.1) is 0 Å². The normalized spacial score (nSPS) is 9.33. The van der Waals surface area contributed by atoms with Gasteiger partial charge in [-0.25, -0.2) is 0 Å². The van der Waals surface area contributed by atoms with Crippen LogP contribution in [0.15, 0.2) is 29.4 Å². The molecule has 0 radical (unpaired) electrons. The largest absolute Gasteiger partial charge is 0.508 e. The molecule has 0 bridgehead atoms. The van der Waals surface area contributed by atoms with Crippen LogP contribution >= 0.6 is 0 Å². The fourth-order valence-corrected chi connectivity index (χ4v) is 0.797. The van der Waals surface area contributed by atoms with E-state index in [4.69, 9.17) is 5.11 Å². The van der Waals surface area contributed by atoms with E-state index in [1.807, 2.05) is 0 Å². The van der Waals surface area contributed by atoms with Crippen LogP contribution in [0.1, 0.15) is 10.4 Å². The predicted molar refractivity (Wildman–Crippen MR) is 43.1 cm³/mol. The summed E-state index contributed by atoms with van der Waals surface area (Å²) in [7, 11) is 0. The highest BCUT2D eigenvalue weighted by molar-refractivity contribution is 5.97. The Morgan fingerprint density at radius 3 is 2.42 bits per heavy atom. The lowest BCUT2D eigenvalue weighted by Crippen LogP contribution is -2.01. The minimum absolute atomic E-state index is 0.0885. The number of ketones is 1. The molecule has 0 spiro atoms. The van der Waals surface area contributed by atoms with Crippen molar-refractivity contribution >= 4 is 5.78 Å². The van der Waals surface area contributed by atoms with Crippen molar-refractivity contribution in [3.05, 3.63) is 34.7 Å². The molecular formula is C8H7NO3. The lowest BCUT2D eigenvalue weighted by atomic mass is 10.1. The van der Waals surface area contributed by atoms with Crippen LogP contribution in [0, 0.1) is 4.91 Å². The van der Waals surface area contributed by atoms with Crippen molar-refractivity contribution in [2.75, 3.05) is 6.54 Å². The van der Waals surface area contributed by atoms with Crippen molar-refractivity contribution in [1.29, 1.82) is 0 Å². The van der Waals surface area contributed by atoms with Crippen molar-refractivity contribution in [3.63, 3.8) is 0 Å². The van der Waals surface area contributed by atoms with Crippen molar-refractivity contribution in [2.24, 2.45) is 5.18 Å². The van der Waals surface area contributed by atoms with E-state index >= 15 is 0 Å². The number of nitroso groups, excluding NO2 is 1. The second-order valence-electron chi connectivity index (χ2n) is 2.26. The standard InChI is InChI=1S/C8H7NO3/c10-7-3-1-6(2-4-7)8(11)5-9-12/h1-4,10H,5H2. The third-order valence-corrected chi connectivity index (χ3v) is 1.40. The maximum Gasteiger partial charge on any atom is 0.187 e. The molecule has 1 aromatic carbocycles. The van der Waals surface area contributed by atoms with Crippen molar-refractivity contribution in [2.45, 2.75) is 0 Å². The van der Waals surface area contributed by atoms with Crippen molar-refractivity contribution < 1.29 is 9.90 Å². The monoisotopic (exact) mass is 165 g/mol. The van der Waals surface area contributed by atoms with Gasteiger partial charge in [-0.3, -0.25) is 4.79 Å². The van der Waals surface area contributed by atoms with E-state index in [0.29, 0.717) is 5.56 Å². The molecule has 4 heteroatoms. The summed E-state index contributed by atoms with van der Waals surface area (Å²) in [6.07, 6.45) is 0. The van der Waals surface area contributed by atoms with E-state index in [1.54, 1.807) is 0 Å². The summed E-state index contributed by atoms with van der Waals surface area (Å²) >= 11 is 0. The first-order chi connectivity index (χ1) is 5.74. The fourth-order valence-electron chi connectivity index (χ4n) is 0.797. The Bertz CT molecular complexity index is 292. The fraction of sp³-hybridized carbons (Fsp3) is 0.125. The molecule has 4 nitrogen and oxygen atoms in total. The number of carbonyl (C=O) groups is 1. The summed E-state index contributed by atoms with van der Waals surface area (Å²) in [4.78, 5) is 20.7. The Kier molecular flexibility index (Phi) is 2.53. The molecule has 0 saturated carbocycles. The summed E-state index contributed by atoms with van der Waals surface area (Å²) in [5.74, 6) is -0.254. The van der Waals surface area contributed by atoms with Gasteiger partial charge in [0.1, 0.15) is 12.3 Å². The molecule has 1 aromatic rings. The molecule has 0 saturated heterocycles. The number of nitrogens with zero attached hydrogens (tertiary/aromatic N) is 1. The lowest BCUT2D eigenvalue weighted by molar-refractivity contribution is 0.100. The minimum Gasteiger partial charge on any atom is -0.508 e. The molecular weight excluding hydrogens is 158 g/mol. The highest BCUT2D eigenvalue weighted by atomic mass is 16.3. The van der Waals surface area contributed by atoms with Gasteiger partial charge in [-0.05, 0) is 24.3 Å². The Morgan fingerprint density at radius 1 is 1.33 bits per heavy atom. The van der Waals surface area contributed by atoms with Gasteiger partial charge in [-0.1, -0.05) is 5.18 Å². The van der Waals surface area contributed by atoms with Gasteiger partial charge in [0.05, 0.1) is 0 Å². The molecule has 0 aliphatic rings. The lowest BCUT2D eigenvalue weighted by Gasteiger charge is -1.95. The van der Waals surface area contributed by atoms with Crippen LogP contribution in [0.2, 0.25) is 0 Å². The maximum absolute atomic E-state index is 11.0. The highest BCUT2D eigenvalue weighted by Gasteiger charge is 2.04. The van der Waals surface area contributed by atoms with Gasteiger partial charge in [0.15, 0.2) is 5.78 Å². The molecule has 0 atom stereocenters. The number of hydrogen-bond acceptors (Lipinski definition) is 4. The molecule has 0 unspecified atom stereocenters. The SMILES string of the molecule is O=NCC(=O)c1ccc(O)cc1. The molecule has 0 aliphatic heterocycles. The molecule has 0 aromatic heterocycles. The number of Topliss-reactive ketones (excluding diaryl/α,β-unsaturated/α-hetero) is 1. The smallest absolute Gasteiger partial charge is 0.187 e. The van der Waals surface area contributed by atoms with Crippen molar-refractivity contribution in [1.82, 2.24) is 0 Å². The van der Waals surface area contributed by atoms with Crippen LogP contribution in [0.25, 0.3) is 0 Å². The zero-order valence-electron chi connectivity index (χ0n) is 6.23. The first-order valence-electron chi connectivity index (χ1n) is 3.35. The van der Waals surface area contributed by atoms with Crippen LogP contribution in [0.4, 0.5) is 0 Å². The summed E-state index contributed by atoms with van der Waals surface area (Å²) in [6.45, 7) is -0.356. The summed E-state index contributed by atoms with van der Waals surface area (Å²) in [6, 6.07) is 5.67. The Labute approximate surface area is 68.8 Å². The van der Waals surface area contributed by atoms with Gasteiger partial charge in [0, 0.05) is 5.56 Å². The molecule has 0 aliphatic carbocycles. The maximum atomic E-state index is 11.0. The number of carbonyl (C=O) groups excluding carboxylic acids is 1. The number of phenolic OH excluding ortho intramolecular Hbond substituents is 1. The van der Waals surface area contributed by atoms with Gasteiger partial charge < -0.3 is 5.11 Å². The Morgan fingerprint density at radius 2 is 1.92 bits per heavy atom. The van der Waals surface area contributed by atoms with E-state index in [-0.39, 0.29) is 18.1 Å². The molecule has 12 heavy (non-hydrogen) atoms. The summed E-state index contributed by atoms with van der Waals surface area (Å²) in [5, 5.41) is 11.3. The number of phenols is 1. The van der Waals surface area contributed by atoms with Crippen LogP contribution in [-0.4, -0.2) is 17.4 Å². The number of aromatic hydroxyl groups is 1. The second kappa shape index (κ2) is 3.61. The predicted octanol–water partition coefficient (Wildman–Crippen LogP) is 1.34. The number of benzene rings is 1. The third kappa shape index (κ3) is 1.88. The quantitative estimate of drug-likeness (QED) is 0.542. The van der Waals surface area contributed by atoms with E-state index in [1.165, 1.54) is 24.3 Å². The first-order valence-corrected chi connectivity index (χ1v) is 3.35. The van der Waals surface area contributed by atoms with Crippen LogP contribution in [0.3, 0.4) is 0 Å². The van der Waals surface area contributed by atoms with Gasteiger partial charge in [0.2, 0.25) is 0 Å². The Balaban J connectivity index is 2.82. The molecule has 1 N–H and O–H groups in total. The van der Waals surface area contributed by atoms with Gasteiger partial charge >= 0.3 is 0 Å². The molecule has 0 fully saturated rings. The van der Waals surface area contributed by atoms with Gasteiger partial charge in [-0.2, -0.15) is 4.91 Å². The van der Waals surface area contributed by atoms with E-state index < -0.39 is 0 Å². The Hall–Kier alpha value is -1.71. The third-order valence-electron chi connectivity index (χ3n) is 1.40. The van der Waals surface area contributed by atoms with Crippen LogP contribution in [-0.2, 0) is 0 Å². The van der Waals surface area contributed by atoms with E-state index in [9.17, 15) is 9.70 Å². The molecule has 0 heterocycles. The average Bonchev–Trinajstić information content (AvgIpc) is 2.06. The topological polar surface area (TPSA) is 66.7 Å². The molecule has 0 amide bonds. The first kappa shape index (κ1) is 8.39. The summed E-state index contributed by atoms with van der Waals surface area (Å²) < 4.78 is 0. The van der Waals surface area contributed by atoms with E-state index in [2.05, 4.69) is 5.18 Å². The minimum atomic E-state index is -0.356. The summed E-state index contributed by atoms with van der Waals surface area (Å²) in [5.41, 5.74) is 0.382. The molecule has 62 valence electrons. The molecule has 1 rings (SSSR count). The highest BCUT2D eigenvalue weighted by Crippen LogP contribution is 2.09. The zero-order chi connectivity index (χ0) is 8.97. The second-order valence-corrected chi connectivity index (χ2v) is 2.26. The number of hydrogen-bond donors (Lipinski definition) is 1. The van der Waals surface area contributed by atoms with Gasteiger partial charge in [0.25, 0.3) is 0 Å². The van der Waals surface area contributed by atoms with E-state index in [0.717, 1.165) is 0 Å². The zero-order valence-corrected chi connectivity index (χ0v) is 6.23. The van der Waals surface area contributed by atoms with Crippen LogP contribution in [0.5, 0.6) is 5.75 Å². The average molecular weight is 165 g/mol. The van der Waals surface area contributed by atoms with Crippen molar-refractivity contribution in [3.8, 4) is 5.75 Å². The van der Waals surface area contributed by atoms with Crippen LogP contribution < -0.4 is 0 Å².